The summed E-state index contributed by atoms with van der Waals surface area (Å²) in [4.78, 5) is 22.4. The molecule has 0 unspecified atom stereocenters. The average Bonchev–Trinajstić information content (AvgIpc) is 2.42. The summed E-state index contributed by atoms with van der Waals surface area (Å²) in [7, 11) is 0. The summed E-state index contributed by atoms with van der Waals surface area (Å²) in [5.74, 6) is -0.906. The van der Waals surface area contributed by atoms with Crippen LogP contribution in [0, 0.1) is 6.92 Å². The van der Waals surface area contributed by atoms with Crippen LogP contribution in [0.3, 0.4) is 0 Å². The Morgan fingerprint density at radius 1 is 1.33 bits per heavy atom. The predicted molar refractivity (Wildman–Crippen MR) is 77.2 cm³/mol. The molecule has 0 bridgehead atoms. The van der Waals surface area contributed by atoms with Crippen molar-refractivity contribution in [2.24, 2.45) is 0 Å². The summed E-state index contributed by atoms with van der Waals surface area (Å²) in [6, 6.07) is 6.29. The smallest absolute Gasteiger partial charge is 0.328 e. The molecular weight excluding hydrogens is 274 g/mol. The van der Waals surface area contributed by atoms with Gasteiger partial charge in [-0.3, -0.25) is 4.79 Å². The number of rotatable bonds is 8. The lowest BCUT2D eigenvalue weighted by Crippen LogP contribution is -2.47. The standard InChI is InChI=1S/C15H21NO5/c1-10-6-3-4-7-12(10)21-9-5-8-13(18)16-14(11(2)17)15(19)20/h3-4,6-7,11,14,17H,5,8-9H2,1-2H3,(H,16,18)(H,19,20)/t11-,14+/m1/s1. The Morgan fingerprint density at radius 3 is 2.57 bits per heavy atom. The number of ether oxygens (including phenoxy) is 1. The number of aliphatic carboxylic acids is 1. The van der Waals surface area contributed by atoms with Crippen LogP contribution >= 0.6 is 0 Å². The maximum absolute atomic E-state index is 11.6. The second-order valence-corrected chi connectivity index (χ2v) is 4.84. The molecule has 1 aromatic carbocycles. The van der Waals surface area contributed by atoms with Gasteiger partial charge in [0, 0.05) is 6.42 Å². The summed E-state index contributed by atoms with van der Waals surface area (Å²) >= 11 is 0. The molecule has 2 atom stereocenters. The van der Waals surface area contributed by atoms with Crippen molar-refractivity contribution in [1.29, 1.82) is 0 Å². The number of hydrogen-bond acceptors (Lipinski definition) is 4. The number of carboxylic acid groups (broad SMARTS) is 1. The number of benzene rings is 1. The third kappa shape index (κ3) is 5.83. The Morgan fingerprint density at radius 2 is 2.00 bits per heavy atom. The highest BCUT2D eigenvalue weighted by Gasteiger charge is 2.24. The van der Waals surface area contributed by atoms with Gasteiger partial charge in [0.25, 0.3) is 0 Å². The van der Waals surface area contributed by atoms with Crippen LogP contribution < -0.4 is 10.1 Å². The van der Waals surface area contributed by atoms with Crippen LogP contribution in [-0.4, -0.2) is 40.8 Å². The molecule has 0 fully saturated rings. The summed E-state index contributed by atoms with van der Waals surface area (Å²) < 4.78 is 5.54. The summed E-state index contributed by atoms with van der Waals surface area (Å²) in [6.45, 7) is 3.62. The van der Waals surface area contributed by atoms with E-state index in [1.165, 1.54) is 6.92 Å². The van der Waals surface area contributed by atoms with Crippen LogP contribution in [0.25, 0.3) is 0 Å². The lowest BCUT2D eigenvalue weighted by atomic mass is 10.1. The summed E-state index contributed by atoms with van der Waals surface area (Å²) in [5.41, 5.74) is 1.02. The van der Waals surface area contributed by atoms with Crippen molar-refractivity contribution in [3.8, 4) is 5.75 Å². The van der Waals surface area contributed by atoms with Gasteiger partial charge < -0.3 is 20.3 Å². The first kappa shape index (κ1) is 17.0. The zero-order valence-corrected chi connectivity index (χ0v) is 12.2. The Labute approximate surface area is 123 Å². The number of aryl methyl sites for hydroxylation is 1. The van der Waals surface area contributed by atoms with E-state index in [0.717, 1.165) is 11.3 Å². The van der Waals surface area contributed by atoms with E-state index in [1.54, 1.807) is 0 Å². The van der Waals surface area contributed by atoms with E-state index in [-0.39, 0.29) is 6.42 Å². The molecule has 0 aliphatic heterocycles. The minimum absolute atomic E-state index is 0.141. The van der Waals surface area contributed by atoms with E-state index in [2.05, 4.69) is 5.32 Å². The van der Waals surface area contributed by atoms with Crippen molar-refractivity contribution in [3.63, 3.8) is 0 Å². The number of carbonyl (C=O) groups is 2. The normalized spacial score (nSPS) is 13.3. The van der Waals surface area contributed by atoms with Crippen LogP contribution in [0.1, 0.15) is 25.3 Å². The van der Waals surface area contributed by atoms with Gasteiger partial charge in [0.15, 0.2) is 6.04 Å². The second-order valence-electron chi connectivity index (χ2n) is 4.84. The molecule has 3 N–H and O–H groups in total. The number of aliphatic hydroxyl groups excluding tert-OH is 1. The van der Waals surface area contributed by atoms with Crippen LogP contribution in [0.15, 0.2) is 24.3 Å². The number of hydrogen-bond donors (Lipinski definition) is 3. The van der Waals surface area contributed by atoms with Gasteiger partial charge in [-0.05, 0) is 31.9 Å². The number of carbonyl (C=O) groups excluding carboxylic acids is 1. The topological polar surface area (TPSA) is 95.9 Å². The molecule has 0 saturated carbocycles. The van der Waals surface area contributed by atoms with Gasteiger partial charge >= 0.3 is 5.97 Å². The van der Waals surface area contributed by atoms with E-state index >= 15 is 0 Å². The molecule has 1 aromatic rings. The molecule has 6 heteroatoms. The number of para-hydroxylation sites is 1. The van der Waals surface area contributed by atoms with Gasteiger partial charge in [0.1, 0.15) is 5.75 Å². The predicted octanol–water partition coefficient (Wildman–Crippen LogP) is 1.10. The lowest BCUT2D eigenvalue weighted by Gasteiger charge is -2.17. The first-order valence-corrected chi connectivity index (χ1v) is 6.80. The Balaban J connectivity index is 2.31. The quantitative estimate of drug-likeness (QED) is 0.624. The molecule has 1 amide bonds. The zero-order chi connectivity index (χ0) is 15.8. The van der Waals surface area contributed by atoms with E-state index in [0.29, 0.717) is 13.0 Å². The molecular formula is C15H21NO5. The van der Waals surface area contributed by atoms with Crippen LogP contribution in [0.5, 0.6) is 5.75 Å². The molecule has 0 saturated heterocycles. The molecule has 0 spiro atoms. The van der Waals surface area contributed by atoms with Gasteiger partial charge in [0.2, 0.25) is 5.91 Å². The van der Waals surface area contributed by atoms with Gasteiger partial charge in [-0.15, -0.1) is 0 Å². The highest BCUT2D eigenvalue weighted by Crippen LogP contribution is 2.16. The first-order chi connectivity index (χ1) is 9.91. The highest BCUT2D eigenvalue weighted by atomic mass is 16.5. The van der Waals surface area contributed by atoms with E-state index in [9.17, 15) is 14.7 Å². The van der Waals surface area contributed by atoms with Crippen molar-refractivity contribution in [3.05, 3.63) is 29.8 Å². The Bertz CT molecular complexity index is 487. The fourth-order valence-electron chi connectivity index (χ4n) is 1.77. The van der Waals surface area contributed by atoms with Crippen molar-refractivity contribution in [2.45, 2.75) is 38.8 Å². The molecule has 0 aliphatic carbocycles. The highest BCUT2D eigenvalue weighted by molar-refractivity contribution is 5.83. The molecule has 0 heterocycles. The minimum atomic E-state index is -1.28. The average molecular weight is 295 g/mol. The van der Waals surface area contributed by atoms with Crippen LogP contribution in [-0.2, 0) is 9.59 Å². The Kier molecular flexibility index (Phi) is 6.68. The molecule has 21 heavy (non-hydrogen) atoms. The van der Waals surface area contributed by atoms with Gasteiger partial charge in [-0.1, -0.05) is 18.2 Å². The number of amides is 1. The van der Waals surface area contributed by atoms with Gasteiger partial charge in [-0.2, -0.15) is 0 Å². The first-order valence-electron chi connectivity index (χ1n) is 6.80. The molecule has 0 aliphatic rings. The third-order valence-corrected chi connectivity index (χ3v) is 2.96. The van der Waals surface area contributed by atoms with Crippen molar-refractivity contribution < 1.29 is 24.5 Å². The molecule has 116 valence electrons. The molecule has 0 aromatic heterocycles. The largest absolute Gasteiger partial charge is 0.493 e. The maximum Gasteiger partial charge on any atom is 0.328 e. The number of aliphatic hydroxyl groups is 1. The number of carboxylic acids is 1. The lowest BCUT2D eigenvalue weighted by molar-refractivity contribution is -0.144. The maximum atomic E-state index is 11.6. The third-order valence-electron chi connectivity index (χ3n) is 2.96. The second kappa shape index (κ2) is 8.26. The SMILES string of the molecule is Cc1ccccc1OCCCC(=O)N[C@H](C(=O)O)[C@@H](C)O. The molecule has 1 rings (SSSR count). The van der Waals surface area contributed by atoms with E-state index in [1.807, 2.05) is 31.2 Å². The van der Waals surface area contributed by atoms with Crippen LogP contribution in [0.2, 0.25) is 0 Å². The Hall–Kier alpha value is -2.08. The summed E-state index contributed by atoms with van der Waals surface area (Å²) in [5, 5.41) is 20.4. The van der Waals surface area contributed by atoms with Gasteiger partial charge in [0.05, 0.1) is 12.7 Å². The van der Waals surface area contributed by atoms with E-state index in [4.69, 9.17) is 9.84 Å². The molecule has 6 nitrogen and oxygen atoms in total. The fraction of sp³-hybridized carbons (Fsp3) is 0.467. The van der Waals surface area contributed by atoms with Crippen LogP contribution in [0.4, 0.5) is 0 Å². The van der Waals surface area contributed by atoms with Crippen molar-refractivity contribution in [2.75, 3.05) is 6.61 Å². The number of nitrogens with one attached hydrogen (secondary N) is 1. The fourth-order valence-corrected chi connectivity index (χ4v) is 1.77. The summed E-state index contributed by atoms with van der Waals surface area (Å²) in [6.07, 6.45) is -0.538. The van der Waals surface area contributed by atoms with Crippen molar-refractivity contribution >= 4 is 11.9 Å². The van der Waals surface area contributed by atoms with Gasteiger partial charge in [-0.25, -0.2) is 4.79 Å². The molecule has 0 radical (unpaired) electrons. The van der Waals surface area contributed by atoms with E-state index < -0.39 is 24.0 Å². The zero-order valence-electron chi connectivity index (χ0n) is 12.2. The van der Waals surface area contributed by atoms with Crippen molar-refractivity contribution in [1.82, 2.24) is 5.32 Å². The minimum Gasteiger partial charge on any atom is -0.493 e. The monoisotopic (exact) mass is 295 g/mol.